The Hall–Kier alpha value is -0.480. The summed E-state index contributed by atoms with van der Waals surface area (Å²) < 4.78 is 32.3. The summed E-state index contributed by atoms with van der Waals surface area (Å²) in [6, 6.07) is 0. The molecule has 0 bridgehead atoms. The van der Waals surface area contributed by atoms with Crippen LogP contribution in [0.15, 0.2) is 0 Å². The highest BCUT2D eigenvalue weighted by Gasteiger charge is 2.59. The molecule has 12 nitrogen and oxygen atoms in total. The Labute approximate surface area is 154 Å². The van der Waals surface area contributed by atoms with Gasteiger partial charge in [-0.25, -0.2) is 0 Å². The second kappa shape index (κ2) is 7.74. The number of aliphatic hydroxyl groups excluding tert-OH is 6. The third-order valence-electron chi connectivity index (χ3n) is 5.09. The number of rotatable bonds is 5. The quantitative estimate of drug-likeness (QED) is 0.265. The smallest absolute Gasteiger partial charge is 0.280 e. The van der Waals surface area contributed by atoms with E-state index in [-0.39, 0.29) is 6.61 Å². The van der Waals surface area contributed by atoms with Gasteiger partial charge >= 0.3 is 0 Å². The van der Waals surface area contributed by atoms with Crippen molar-refractivity contribution in [2.24, 2.45) is 0 Å². The molecule has 3 saturated heterocycles. The van der Waals surface area contributed by atoms with Crippen molar-refractivity contribution in [1.29, 1.82) is 0 Å². The first-order valence-electron chi connectivity index (χ1n) is 8.52. The summed E-state index contributed by atoms with van der Waals surface area (Å²) in [5, 5.41) is 59.8. The molecule has 6 N–H and O–H groups in total. The van der Waals surface area contributed by atoms with Gasteiger partial charge in [0, 0.05) is 14.0 Å². The van der Waals surface area contributed by atoms with E-state index in [2.05, 4.69) is 0 Å². The Balaban J connectivity index is 1.75. The van der Waals surface area contributed by atoms with Crippen LogP contribution in [0.25, 0.3) is 0 Å². The van der Waals surface area contributed by atoms with Crippen molar-refractivity contribution in [2.45, 2.75) is 67.7 Å². The van der Waals surface area contributed by atoms with Crippen molar-refractivity contribution < 1.29 is 59.1 Å². The molecule has 0 radical (unpaired) electrons. The van der Waals surface area contributed by atoms with E-state index < -0.39 is 74.0 Å². The zero-order chi connectivity index (χ0) is 20.0. The number of fused-ring (bicyclic) bond motifs is 1. The highest BCUT2D eigenvalue weighted by Crippen LogP contribution is 2.38. The van der Waals surface area contributed by atoms with E-state index >= 15 is 0 Å². The van der Waals surface area contributed by atoms with Crippen LogP contribution in [0, 0.1) is 0 Å². The van der Waals surface area contributed by atoms with Crippen molar-refractivity contribution in [3.8, 4) is 0 Å². The molecule has 12 heteroatoms. The molecule has 0 aliphatic carbocycles. The molecule has 0 amide bonds. The number of ether oxygens (including phenoxy) is 6. The Bertz CT molecular complexity index is 519. The van der Waals surface area contributed by atoms with Crippen LogP contribution >= 0.6 is 0 Å². The second-order valence-electron chi connectivity index (χ2n) is 6.85. The van der Waals surface area contributed by atoms with Crippen LogP contribution in [0.2, 0.25) is 0 Å². The molecule has 3 aliphatic heterocycles. The monoisotopic (exact) mass is 398 g/mol. The van der Waals surface area contributed by atoms with E-state index in [1.54, 1.807) is 0 Å². The molecule has 0 saturated carbocycles. The normalized spacial score (nSPS) is 53.3. The van der Waals surface area contributed by atoms with E-state index in [0.29, 0.717) is 0 Å². The molecule has 0 spiro atoms. The van der Waals surface area contributed by atoms with Crippen LogP contribution in [-0.2, 0) is 28.4 Å². The zero-order valence-electron chi connectivity index (χ0n) is 14.9. The SMILES string of the molecule is CO[C@]1(C)OC[C@H]2O[C@@H](O[C@]3(CO)O[C@H](CO)[C@@H](O)[C@@H]3O)[C@H](O)[C@@H](O)[C@@H]2O1. The molecule has 27 heavy (non-hydrogen) atoms. The third kappa shape index (κ3) is 3.61. The number of methoxy groups -OCH3 is 1. The molecule has 3 rings (SSSR count). The minimum absolute atomic E-state index is 0.0595. The standard InChI is InChI=1S/C15H26O12/c1-14(22-2)23-4-7-11(26-14)9(19)10(20)13(24-7)27-15(5-17)12(21)8(18)6(3-16)25-15/h6-13,16-21H,3-5H2,1-2H3/t6-,7-,8-,9-,10-,11-,12+,13+,14-,15+/m1/s1. The maximum Gasteiger partial charge on any atom is 0.280 e. The van der Waals surface area contributed by atoms with Crippen LogP contribution in [0.5, 0.6) is 0 Å². The molecular formula is C15H26O12. The first-order chi connectivity index (χ1) is 12.7. The van der Waals surface area contributed by atoms with E-state index in [1.165, 1.54) is 14.0 Å². The summed E-state index contributed by atoms with van der Waals surface area (Å²) in [7, 11) is 1.35. The number of hydrogen-bond acceptors (Lipinski definition) is 12. The van der Waals surface area contributed by atoms with Crippen LogP contribution in [0.4, 0.5) is 0 Å². The van der Waals surface area contributed by atoms with Gasteiger partial charge in [0.1, 0.15) is 49.3 Å². The molecule has 0 unspecified atom stereocenters. The van der Waals surface area contributed by atoms with Gasteiger partial charge in [-0.05, 0) is 0 Å². The maximum atomic E-state index is 10.4. The fraction of sp³-hybridized carbons (Fsp3) is 1.00. The highest BCUT2D eigenvalue weighted by molar-refractivity contribution is 4.99. The molecule has 0 aromatic rings. The average Bonchev–Trinajstić information content (AvgIpc) is 2.91. The lowest BCUT2D eigenvalue weighted by Gasteiger charge is -2.49. The van der Waals surface area contributed by atoms with Crippen molar-refractivity contribution in [2.75, 3.05) is 26.9 Å². The van der Waals surface area contributed by atoms with E-state index in [1.807, 2.05) is 0 Å². The summed E-state index contributed by atoms with van der Waals surface area (Å²) in [5.41, 5.74) is 0. The van der Waals surface area contributed by atoms with Crippen LogP contribution in [0.1, 0.15) is 6.92 Å². The molecule has 3 fully saturated rings. The first kappa shape index (κ1) is 21.2. The summed E-state index contributed by atoms with van der Waals surface area (Å²) in [5.74, 6) is -3.59. The van der Waals surface area contributed by atoms with Gasteiger partial charge in [-0.1, -0.05) is 0 Å². The molecule has 0 aromatic heterocycles. The number of hydrogen-bond donors (Lipinski definition) is 6. The summed E-state index contributed by atoms with van der Waals surface area (Å²) >= 11 is 0. The van der Waals surface area contributed by atoms with E-state index in [0.717, 1.165) is 0 Å². The Kier molecular flexibility index (Phi) is 6.09. The van der Waals surface area contributed by atoms with Crippen LogP contribution in [0.3, 0.4) is 0 Å². The molecule has 158 valence electrons. The lowest BCUT2D eigenvalue weighted by atomic mass is 9.97. The Morgan fingerprint density at radius 2 is 1.74 bits per heavy atom. The molecule has 3 heterocycles. The molecule has 10 atom stereocenters. The summed E-state index contributed by atoms with van der Waals surface area (Å²) in [6.07, 6.45) is -11.0. The van der Waals surface area contributed by atoms with Gasteiger partial charge in [0.2, 0.25) is 5.79 Å². The van der Waals surface area contributed by atoms with Crippen molar-refractivity contribution in [1.82, 2.24) is 0 Å². The minimum Gasteiger partial charge on any atom is -0.394 e. The lowest BCUT2D eigenvalue weighted by Crippen LogP contribution is -2.67. The fourth-order valence-corrected chi connectivity index (χ4v) is 3.37. The fourth-order valence-electron chi connectivity index (χ4n) is 3.37. The third-order valence-corrected chi connectivity index (χ3v) is 5.09. The summed E-state index contributed by atoms with van der Waals surface area (Å²) in [4.78, 5) is 0. The van der Waals surface area contributed by atoms with Gasteiger partial charge in [-0.15, -0.1) is 0 Å². The van der Waals surface area contributed by atoms with Crippen molar-refractivity contribution in [3.63, 3.8) is 0 Å². The predicted molar refractivity (Wildman–Crippen MR) is 81.8 cm³/mol. The number of aliphatic hydroxyl groups is 6. The Morgan fingerprint density at radius 3 is 2.30 bits per heavy atom. The van der Waals surface area contributed by atoms with Crippen molar-refractivity contribution in [3.05, 3.63) is 0 Å². The maximum absolute atomic E-state index is 10.4. The lowest BCUT2D eigenvalue weighted by molar-refractivity contribution is -0.459. The Morgan fingerprint density at radius 1 is 1.04 bits per heavy atom. The summed E-state index contributed by atoms with van der Waals surface area (Å²) in [6.45, 7) is -0.115. The second-order valence-corrected chi connectivity index (χ2v) is 6.85. The largest absolute Gasteiger partial charge is 0.394 e. The van der Waals surface area contributed by atoms with Gasteiger partial charge < -0.3 is 59.1 Å². The first-order valence-corrected chi connectivity index (χ1v) is 8.52. The van der Waals surface area contributed by atoms with Gasteiger partial charge in [-0.2, -0.15) is 0 Å². The molecule has 0 aromatic carbocycles. The average molecular weight is 398 g/mol. The van der Waals surface area contributed by atoms with Gasteiger partial charge in [0.05, 0.1) is 13.2 Å². The zero-order valence-corrected chi connectivity index (χ0v) is 14.9. The van der Waals surface area contributed by atoms with E-state index in [9.17, 15) is 30.6 Å². The highest BCUT2D eigenvalue weighted by atomic mass is 16.9. The molecule has 3 aliphatic rings. The van der Waals surface area contributed by atoms with Crippen molar-refractivity contribution >= 4 is 0 Å². The predicted octanol–water partition coefficient (Wildman–Crippen LogP) is -4.01. The van der Waals surface area contributed by atoms with Crippen LogP contribution in [-0.4, -0.2) is 118 Å². The van der Waals surface area contributed by atoms with Crippen LogP contribution < -0.4 is 0 Å². The van der Waals surface area contributed by atoms with Gasteiger partial charge in [0.15, 0.2) is 6.29 Å². The van der Waals surface area contributed by atoms with Gasteiger partial charge in [-0.3, -0.25) is 0 Å². The minimum atomic E-state index is -2.16. The van der Waals surface area contributed by atoms with Gasteiger partial charge in [0.25, 0.3) is 5.97 Å². The van der Waals surface area contributed by atoms with E-state index in [4.69, 9.17) is 28.4 Å². The topological polar surface area (TPSA) is 177 Å². The molecular weight excluding hydrogens is 372 g/mol.